The minimum absolute atomic E-state index is 0.00801. The van der Waals surface area contributed by atoms with E-state index in [2.05, 4.69) is 0 Å². The molecular formula is C18H26N2O3. The van der Waals surface area contributed by atoms with Gasteiger partial charge in [-0.1, -0.05) is 6.07 Å². The largest absolute Gasteiger partial charge is 0.496 e. The summed E-state index contributed by atoms with van der Waals surface area (Å²) in [6.07, 6.45) is 6.37. The molecule has 23 heavy (non-hydrogen) atoms. The molecule has 2 atom stereocenters. The zero-order valence-corrected chi connectivity index (χ0v) is 14.0. The smallest absolute Gasteiger partial charge is 0.261 e. The molecule has 0 saturated heterocycles. The van der Waals surface area contributed by atoms with Crippen molar-refractivity contribution in [3.63, 3.8) is 0 Å². The van der Waals surface area contributed by atoms with Crippen LogP contribution in [0.15, 0.2) is 18.2 Å². The normalized spacial score (nSPS) is 24.1. The maximum absolute atomic E-state index is 13.4. The average molecular weight is 318 g/mol. The highest BCUT2D eigenvalue weighted by molar-refractivity contribution is 6.00. The highest BCUT2D eigenvalue weighted by Gasteiger charge is 2.40. The van der Waals surface area contributed by atoms with E-state index in [0.717, 1.165) is 32.1 Å². The predicted octanol–water partition coefficient (Wildman–Crippen LogP) is 2.58. The van der Waals surface area contributed by atoms with Crippen LogP contribution < -0.4 is 15.2 Å². The molecule has 2 saturated carbocycles. The van der Waals surface area contributed by atoms with Crippen molar-refractivity contribution in [2.75, 3.05) is 14.2 Å². The second-order valence-corrected chi connectivity index (χ2v) is 6.50. The Kier molecular flexibility index (Phi) is 4.76. The molecule has 1 amide bonds. The number of hydrogen-bond acceptors (Lipinski definition) is 4. The monoisotopic (exact) mass is 318 g/mol. The van der Waals surface area contributed by atoms with Crippen molar-refractivity contribution in [3.8, 4) is 11.5 Å². The maximum atomic E-state index is 13.4. The number of hydrogen-bond donors (Lipinski definition) is 1. The molecule has 0 radical (unpaired) electrons. The lowest BCUT2D eigenvalue weighted by Crippen LogP contribution is -2.54. The number of carbonyl (C=O) groups is 1. The molecule has 1 unspecified atom stereocenters. The summed E-state index contributed by atoms with van der Waals surface area (Å²) >= 11 is 0. The highest BCUT2D eigenvalue weighted by atomic mass is 16.5. The summed E-state index contributed by atoms with van der Waals surface area (Å²) in [6.45, 7) is 0. The van der Waals surface area contributed by atoms with Crippen LogP contribution in [0.4, 0.5) is 0 Å². The number of ether oxygens (including phenoxy) is 2. The van der Waals surface area contributed by atoms with Crippen LogP contribution in [0.3, 0.4) is 0 Å². The number of carbonyl (C=O) groups excluding carboxylic acids is 1. The Bertz CT molecular complexity index is 549. The Balaban J connectivity index is 1.98. The van der Waals surface area contributed by atoms with Gasteiger partial charge in [0.2, 0.25) is 0 Å². The Morgan fingerprint density at radius 2 is 1.70 bits per heavy atom. The van der Waals surface area contributed by atoms with E-state index in [0.29, 0.717) is 23.1 Å². The molecule has 1 aromatic rings. The van der Waals surface area contributed by atoms with Crippen molar-refractivity contribution in [2.45, 2.75) is 56.7 Å². The van der Waals surface area contributed by atoms with E-state index < -0.39 is 0 Å². The van der Waals surface area contributed by atoms with Crippen LogP contribution >= 0.6 is 0 Å². The molecule has 5 heteroatoms. The summed E-state index contributed by atoms with van der Waals surface area (Å²) in [5.74, 6) is 1.11. The van der Waals surface area contributed by atoms with E-state index in [-0.39, 0.29) is 18.0 Å². The first-order valence-corrected chi connectivity index (χ1v) is 8.46. The molecule has 0 spiro atoms. The minimum Gasteiger partial charge on any atom is -0.496 e. The molecule has 5 nitrogen and oxygen atoms in total. The average Bonchev–Trinajstić information content (AvgIpc) is 2.94. The third-order valence-corrected chi connectivity index (χ3v) is 5.23. The summed E-state index contributed by atoms with van der Waals surface area (Å²) in [5, 5.41) is 0. The van der Waals surface area contributed by atoms with Crippen molar-refractivity contribution < 1.29 is 14.3 Å². The van der Waals surface area contributed by atoms with Crippen molar-refractivity contribution in [2.24, 2.45) is 5.73 Å². The zero-order chi connectivity index (χ0) is 16.4. The van der Waals surface area contributed by atoms with E-state index in [4.69, 9.17) is 15.2 Å². The molecule has 2 aliphatic carbocycles. The predicted molar refractivity (Wildman–Crippen MR) is 89.0 cm³/mol. The van der Waals surface area contributed by atoms with Crippen molar-refractivity contribution in [1.82, 2.24) is 4.90 Å². The molecule has 0 aromatic heterocycles. The van der Waals surface area contributed by atoms with Crippen molar-refractivity contribution in [1.29, 1.82) is 0 Å². The summed E-state index contributed by atoms with van der Waals surface area (Å²) in [5.41, 5.74) is 6.81. The number of nitrogens with zero attached hydrogens (tertiary/aromatic N) is 1. The summed E-state index contributed by atoms with van der Waals surface area (Å²) in [4.78, 5) is 15.4. The third kappa shape index (κ3) is 2.90. The molecule has 2 aliphatic rings. The molecule has 2 fully saturated rings. The Morgan fingerprint density at radius 3 is 2.13 bits per heavy atom. The molecule has 3 rings (SSSR count). The molecule has 2 N–H and O–H groups in total. The quantitative estimate of drug-likeness (QED) is 0.906. The van der Waals surface area contributed by atoms with Gasteiger partial charge in [-0.2, -0.15) is 0 Å². The summed E-state index contributed by atoms with van der Waals surface area (Å²) in [7, 11) is 3.17. The molecule has 0 bridgehead atoms. The Labute approximate surface area is 137 Å². The van der Waals surface area contributed by atoms with Crippen LogP contribution in [0.25, 0.3) is 0 Å². The van der Waals surface area contributed by atoms with E-state index in [1.165, 1.54) is 6.42 Å². The lowest BCUT2D eigenvalue weighted by Gasteiger charge is -2.43. The van der Waals surface area contributed by atoms with Gasteiger partial charge < -0.3 is 20.1 Å². The first-order chi connectivity index (χ1) is 11.2. The van der Waals surface area contributed by atoms with E-state index >= 15 is 0 Å². The topological polar surface area (TPSA) is 64.8 Å². The van der Waals surface area contributed by atoms with Gasteiger partial charge in [0.05, 0.1) is 14.2 Å². The van der Waals surface area contributed by atoms with E-state index in [1.807, 2.05) is 23.1 Å². The van der Waals surface area contributed by atoms with Gasteiger partial charge in [-0.15, -0.1) is 0 Å². The first kappa shape index (κ1) is 16.1. The van der Waals surface area contributed by atoms with Crippen LogP contribution in [-0.2, 0) is 0 Å². The Hall–Kier alpha value is -1.75. The maximum Gasteiger partial charge on any atom is 0.261 e. The number of benzene rings is 1. The van der Waals surface area contributed by atoms with E-state index in [1.54, 1.807) is 14.2 Å². The molecule has 0 heterocycles. The number of methoxy groups -OCH3 is 2. The van der Waals surface area contributed by atoms with Crippen LogP contribution in [0, 0.1) is 0 Å². The van der Waals surface area contributed by atoms with Gasteiger partial charge in [-0.25, -0.2) is 0 Å². The second kappa shape index (κ2) is 6.79. The van der Waals surface area contributed by atoms with Crippen LogP contribution in [-0.4, -0.2) is 43.2 Å². The SMILES string of the molecule is COc1cccc(OC)c1C(=O)N(C1CCC1)C1CCC[C@@H]1N. The highest BCUT2D eigenvalue weighted by Crippen LogP contribution is 2.37. The summed E-state index contributed by atoms with van der Waals surface area (Å²) in [6, 6.07) is 5.95. The van der Waals surface area contributed by atoms with Crippen LogP contribution in [0.2, 0.25) is 0 Å². The lowest BCUT2D eigenvalue weighted by molar-refractivity contribution is 0.0416. The lowest BCUT2D eigenvalue weighted by atomic mass is 9.88. The Morgan fingerprint density at radius 1 is 1.09 bits per heavy atom. The van der Waals surface area contributed by atoms with Gasteiger partial charge in [0.25, 0.3) is 5.91 Å². The minimum atomic E-state index is -0.00801. The standard InChI is InChI=1S/C18H26N2O3/c1-22-15-10-5-11-16(23-2)17(15)18(21)20(12-6-3-7-12)14-9-4-8-13(14)19/h5,10-14H,3-4,6-9,19H2,1-2H3/t13-,14?/m0/s1. The first-order valence-electron chi connectivity index (χ1n) is 8.46. The fourth-order valence-corrected chi connectivity index (χ4v) is 3.76. The zero-order valence-electron chi connectivity index (χ0n) is 14.0. The number of nitrogens with two attached hydrogens (primary N) is 1. The van der Waals surface area contributed by atoms with Gasteiger partial charge in [-0.3, -0.25) is 4.79 Å². The summed E-state index contributed by atoms with van der Waals surface area (Å²) < 4.78 is 10.8. The fraction of sp³-hybridized carbons (Fsp3) is 0.611. The molecule has 1 aromatic carbocycles. The van der Waals surface area contributed by atoms with Gasteiger partial charge in [0, 0.05) is 18.1 Å². The molecular weight excluding hydrogens is 292 g/mol. The van der Waals surface area contributed by atoms with Crippen molar-refractivity contribution in [3.05, 3.63) is 23.8 Å². The van der Waals surface area contributed by atoms with Crippen LogP contribution in [0.5, 0.6) is 11.5 Å². The molecule has 0 aliphatic heterocycles. The second-order valence-electron chi connectivity index (χ2n) is 6.50. The number of rotatable bonds is 5. The van der Waals surface area contributed by atoms with Crippen LogP contribution in [0.1, 0.15) is 48.9 Å². The molecule has 126 valence electrons. The van der Waals surface area contributed by atoms with Gasteiger partial charge in [0.15, 0.2) is 0 Å². The van der Waals surface area contributed by atoms with Gasteiger partial charge in [0.1, 0.15) is 17.1 Å². The third-order valence-electron chi connectivity index (χ3n) is 5.23. The van der Waals surface area contributed by atoms with Crippen molar-refractivity contribution >= 4 is 5.91 Å². The van der Waals surface area contributed by atoms with Gasteiger partial charge in [-0.05, 0) is 50.7 Å². The fourth-order valence-electron chi connectivity index (χ4n) is 3.76. The number of amides is 1. The van der Waals surface area contributed by atoms with E-state index in [9.17, 15) is 4.79 Å². The van der Waals surface area contributed by atoms with Gasteiger partial charge >= 0.3 is 0 Å².